The van der Waals surface area contributed by atoms with Crippen molar-refractivity contribution in [3.05, 3.63) is 34.3 Å². The van der Waals surface area contributed by atoms with Crippen LogP contribution in [0.4, 0.5) is 0 Å². The third kappa shape index (κ3) is 4.95. The van der Waals surface area contributed by atoms with Gasteiger partial charge in [0.2, 0.25) is 5.91 Å². The number of halogens is 2. The van der Waals surface area contributed by atoms with E-state index in [1.165, 1.54) is 5.56 Å². The maximum Gasteiger partial charge on any atom is 0.234 e. The molecule has 1 aromatic rings. The van der Waals surface area contributed by atoms with Crippen LogP contribution in [0.2, 0.25) is 0 Å². The Morgan fingerprint density at radius 1 is 1.43 bits per heavy atom. The zero-order chi connectivity index (χ0) is 14.4. The largest absolute Gasteiger partial charge is 0.383 e. The first-order chi connectivity index (χ1) is 9.66. The van der Waals surface area contributed by atoms with Gasteiger partial charge in [-0.15, -0.1) is 12.4 Å². The van der Waals surface area contributed by atoms with E-state index in [1.807, 2.05) is 12.1 Å². The first-order valence-electron chi connectivity index (χ1n) is 6.93. The molecule has 2 rings (SSSR count). The van der Waals surface area contributed by atoms with Crippen molar-refractivity contribution in [3.63, 3.8) is 0 Å². The van der Waals surface area contributed by atoms with Gasteiger partial charge in [0.05, 0.1) is 18.7 Å². The van der Waals surface area contributed by atoms with Crippen molar-refractivity contribution in [3.8, 4) is 0 Å². The number of ether oxygens (including phenoxy) is 1. The molecule has 21 heavy (non-hydrogen) atoms. The Balaban J connectivity index is 0.00000220. The molecule has 6 heteroatoms. The molecule has 0 atom stereocenters. The summed E-state index contributed by atoms with van der Waals surface area (Å²) in [7, 11) is 1.65. The zero-order valence-corrected chi connectivity index (χ0v) is 14.6. The Kier molecular flexibility index (Phi) is 7.66. The molecule has 0 spiro atoms. The second kappa shape index (κ2) is 8.73. The van der Waals surface area contributed by atoms with Crippen molar-refractivity contribution in [2.75, 3.05) is 26.8 Å². The Labute approximate surface area is 140 Å². The number of carbonyl (C=O) groups is 1. The molecule has 1 fully saturated rings. The normalized spacial score (nSPS) is 15.7. The van der Waals surface area contributed by atoms with Crippen molar-refractivity contribution in [1.29, 1.82) is 0 Å². The van der Waals surface area contributed by atoms with Crippen LogP contribution in [0.1, 0.15) is 24.8 Å². The number of amides is 1. The molecule has 2 N–H and O–H groups in total. The van der Waals surface area contributed by atoms with Gasteiger partial charge in [0, 0.05) is 18.1 Å². The van der Waals surface area contributed by atoms with Crippen molar-refractivity contribution in [1.82, 2.24) is 10.6 Å². The van der Waals surface area contributed by atoms with Crippen LogP contribution in [0.25, 0.3) is 0 Å². The Morgan fingerprint density at radius 3 is 2.76 bits per heavy atom. The fourth-order valence-corrected chi connectivity index (χ4v) is 2.89. The highest BCUT2D eigenvalue weighted by molar-refractivity contribution is 9.10. The van der Waals surface area contributed by atoms with E-state index in [-0.39, 0.29) is 23.9 Å². The molecule has 0 radical (unpaired) electrons. The predicted molar refractivity (Wildman–Crippen MR) is 89.8 cm³/mol. The topological polar surface area (TPSA) is 50.4 Å². The quantitative estimate of drug-likeness (QED) is 0.718. The van der Waals surface area contributed by atoms with Gasteiger partial charge in [-0.2, -0.15) is 0 Å². The number of hydrogen-bond donors (Lipinski definition) is 2. The van der Waals surface area contributed by atoms with Crippen molar-refractivity contribution in [2.24, 2.45) is 0 Å². The van der Waals surface area contributed by atoms with Gasteiger partial charge in [-0.25, -0.2) is 0 Å². The van der Waals surface area contributed by atoms with E-state index >= 15 is 0 Å². The average molecular weight is 378 g/mol. The summed E-state index contributed by atoms with van der Waals surface area (Å²) in [6, 6.07) is 8.20. The molecule has 1 aromatic carbocycles. The molecule has 1 saturated carbocycles. The SMILES string of the molecule is COCCNCC(=O)NC1(c2cccc(Br)c2)CCC1.Cl. The van der Waals surface area contributed by atoms with Crippen molar-refractivity contribution >= 4 is 34.2 Å². The molecule has 118 valence electrons. The molecule has 0 unspecified atom stereocenters. The van der Waals surface area contributed by atoms with Gasteiger partial charge in [0.1, 0.15) is 0 Å². The van der Waals surface area contributed by atoms with Crippen LogP contribution >= 0.6 is 28.3 Å². The third-order valence-electron chi connectivity index (χ3n) is 3.73. The van der Waals surface area contributed by atoms with Gasteiger partial charge >= 0.3 is 0 Å². The summed E-state index contributed by atoms with van der Waals surface area (Å²) >= 11 is 3.49. The van der Waals surface area contributed by atoms with Crippen LogP contribution in [-0.2, 0) is 15.1 Å². The predicted octanol–water partition coefficient (Wildman–Crippen LogP) is 2.60. The molecular weight excluding hydrogens is 356 g/mol. The Hall–Kier alpha value is -0.620. The number of carbonyl (C=O) groups excluding carboxylic acids is 1. The lowest BCUT2D eigenvalue weighted by Crippen LogP contribution is -2.53. The van der Waals surface area contributed by atoms with E-state index in [9.17, 15) is 4.79 Å². The summed E-state index contributed by atoms with van der Waals surface area (Å²) in [4.78, 5) is 12.0. The minimum atomic E-state index is -0.177. The summed E-state index contributed by atoms with van der Waals surface area (Å²) in [6.45, 7) is 1.64. The molecular formula is C15H22BrClN2O2. The van der Waals surface area contributed by atoms with Gasteiger partial charge in [0.25, 0.3) is 0 Å². The number of methoxy groups -OCH3 is 1. The van der Waals surface area contributed by atoms with Gasteiger partial charge in [-0.05, 0) is 37.0 Å². The second-order valence-electron chi connectivity index (χ2n) is 5.16. The number of nitrogens with one attached hydrogen (secondary N) is 2. The molecule has 1 aliphatic rings. The van der Waals surface area contributed by atoms with Crippen LogP contribution < -0.4 is 10.6 Å². The molecule has 4 nitrogen and oxygen atoms in total. The lowest BCUT2D eigenvalue weighted by atomic mass is 9.72. The molecule has 0 saturated heterocycles. The monoisotopic (exact) mass is 376 g/mol. The maximum absolute atomic E-state index is 12.0. The summed E-state index contributed by atoms with van der Waals surface area (Å²) in [6.07, 6.45) is 3.17. The van der Waals surface area contributed by atoms with Crippen molar-refractivity contribution < 1.29 is 9.53 Å². The molecule has 1 aliphatic carbocycles. The first-order valence-corrected chi connectivity index (χ1v) is 7.72. The number of benzene rings is 1. The lowest BCUT2D eigenvalue weighted by molar-refractivity contribution is -0.123. The smallest absolute Gasteiger partial charge is 0.234 e. The molecule has 0 heterocycles. The third-order valence-corrected chi connectivity index (χ3v) is 4.22. The van der Waals surface area contributed by atoms with Crippen LogP contribution in [0.3, 0.4) is 0 Å². The van der Waals surface area contributed by atoms with Crippen LogP contribution in [-0.4, -0.2) is 32.7 Å². The van der Waals surface area contributed by atoms with Gasteiger partial charge in [0.15, 0.2) is 0 Å². The van der Waals surface area contributed by atoms with Gasteiger partial charge in [-0.1, -0.05) is 28.1 Å². The highest BCUT2D eigenvalue weighted by Crippen LogP contribution is 2.41. The highest BCUT2D eigenvalue weighted by Gasteiger charge is 2.39. The summed E-state index contributed by atoms with van der Waals surface area (Å²) in [5, 5.41) is 6.26. The van der Waals surface area contributed by atoms with E-state index in [4.69, 9.17) is 4.74 Å². The van der Waals surface area contributed by atoms with E-state index in [1.54, 1.807) is 7.11 Å². The summed E-state index contributed by atoms with van der Waals surface area (Å²) in [5.74, 6) is 0.0424. The van der Waals surface area contributed by atoms with Crippen LogP contribution in [0, 0.1) is 0 Å². The maximum atomic E-state index is 12.0. The first kappa shape index (κ1) is 18.4. The van der Waals surface area contributed by atoms with E-state index < -0.39 is 0 Å². The van der Waals surface area contributed by atoms with E-state index in [0.29, 0.717) is 19.7 Å². The summed E-state index contributed by atoms with van der Waals surface area (Å²) in [5.41, 5.74) is 1.01. The van der Waals surface area contributed by atoms with Crippen molar-refractivity contribution in [2.45, 2.75) is 24.8 Å². The molecule has 1 amide bonds. The van der Waals surface area contributed by atoms with Gasteiger partial charge in [-0.3, -0.25) is 4.79 Å². The Morgan fingerprint density at radius 2 is 2.19 bits per heavy atom. The fourth-order valence-electron chi connectivity index (χ4n) is 2.49. The minimum absolute atomic E-state index is 0. The highest BCUT2D eigenvalue weighted by atomic mass is 79.9. The molecule has 0 bridgehead atoms. The Bertz CT molecular complexity index is 467. The second-order valence-corrected chi connectivity index (χ2v) is 6.08. The lowest BCUT2D eigenvalue weighted by Gasteiger charge is -2.43. The zero-order valence-electron chi connectivity index (χ0n) is 12.2. The van der Waals surface area contributed by atoms with Crippen LogP contribution in [0.15, 0.2) is 28.7 Å². The van der Waals surface area contributed by atoms with E-state index in [0.717, 1.165) is 23.7 Å². The number of hydrogen-bond acceptors (Lipinski definition) is 3. The fraction of sp³-hybridized carbons (Fsp3) is 0.533. The number of rotatable bonds is 7. The van der Waals surface area contributed by atoms with Gasteiger partial charge < -0.3 is 15.4 Å². The van der Waals surface area contributed by atoms with Crippen LogP contribution in [0.5, 0.6) is 0 Å². The summed E-state index contributed by atoms with van der Waals surface area (Å²) < 4.78 is 5.99. The molecule has 0 aromatic heterocycles. The van der Waals surface area contributed by atoms with E-state index in [2.05, 4.69) is 38.7 Å². The molecule has 0 aliphatic heterocycles. The standard InChI is InChI=1S/C15H21BrN2O2.ClH/c1-20-9-8-17-11-14(19)18-15(6-3-7-15)12-4-2-5-13(16)10-12;/h2,4-5,10,17H,3,6-9,11H2,1H3,(H,18,19);1H. The minimum Gasteiger partial charge on any atom is -0.383 e. The average Bonchev–Trinajstić information content (AvgIpc) is 2.39.